The second kappa shape index (κ2) is 11.3. The van der Waals surface area contributed by atoms with E-state index in [1.54, 1.807) is 0 Å². The summed E-state index contributed by atoms with van der Waals surface area (Å²) in [7, 11) is 0. The van der Waals surface area contributed by atoms with Crippen molar-refractivity contribution in [2.75, 3.05) is 19.8 Å². The molecule has 1 aromatic carbocycles. The number of nitrogens with one attached hydrogen (secondary N) is 1. The normalized spacial score (nSPS) is 10.4. The van der Waals surface area contributed by atoms with Crippen LogP contribution in [0.2, 0.25) is 0 Å². The van der Waals surface area contributed by atoms with Crippen molar-refractivity contribution in [1.82, 2.24) is 5.32 Å². The van der Waals surface area contributed by atoms with Crippen LogP contribution in [0.5, 0.6) is 11.5 Å². The molecule has 0 bridgehead atoms. The quantitative estimate of drug-likeness (QED) is 0.467. The molecule has 0 spiro atoms. The predicted molar refractivity (Wildman–Crippen MR) is 96.7 cm³/mol. The number of aliphatic hydroxyl groups is 1. The Morgan fingerprint density at radius 1 is 1.33 bits per heavy atom. The average Bonchev–Trinajstić information content (AvgIpc) is 2.39. The highest BCUT2D eigenvalue weighted by atomic mass is 127. The molecule has 0 aromatic heterocycles. The Bertz CT molecular complexity index is 416. The standard InChI is InChI=1S/C15H24INO3.ClH/c1-4-19-14-9-12(10-17-6-5-7-18)8-13(16)15(14)20-11(2)3;/h8-9,11,17-18H,4-7,10H2,1-3H3;1H. The molecule has 0 atom stereocenters. The van der Waals surface area contributed by atoms with Gasteiger partial charge in [0, 0.05) is 13.2 Å². The van der Waals surface area contributed by atoms with Gasteiger partial charge in [0.05, 0.1) is 16.3 Å². The zero-order valence-electron chi connectivity index (χ0n) is 12.8. The van der Waals surface area contributed by atoms with Crippen molar-refractivity contribution in [3.8, 4) is 11.5 Å². The number of halogens is 2. The summed E-state index contributed by atoms with van der Waals surface area (Å²) in [4.78, 5) is 0. The van der Waals surface area contributed by atoms with Gasteiger partial charge in [-0.3, -0.25) is 0 Å². The van der Waals surface area contributed by atoms with E-state index in [1.807, 2.05) is 26.8 Å². The summed E-state index contributed by atoms with van der Waals surface area (Å²) in [6.07, 6.45) is 0.889. The minimum atomic E-state index is 0. The molecule has 0 saturated heterocycles. The molecule has 2 N–H and O–H groups in total. The summed E-state index contributed by atoms with van der Waals surface area (Å²) in [5.74, 6) is 1.62. The molecule has 6 heteroatoms. The fraction of sp³-hybridized carbons (Fsp3) is 0.600. The van der Waals surface area contributed by atoms with E-state index < -0.39 is 0 Å². The van der Waals surface area contributed by atoms with Gasteiger partial charge in [0.1, 0.15) is 0 Å². The van der Waals surface area contributed by atoms with E-state index in [1.165, 1.54) is 0 Å². The minimum absolute atomic E-state index is 0. The van der Waals surface area contributed by atoms with Crippen LogP contribution in [0.25, 0.3) is 0 Å². The molecule has 0 radical (unpaired) electrons. The Hall–Kier alpha value is -0.240. The molecule has 0 aliphatic heterocycles. The molecule has 0 unspecified atom stereocenters. The fourth-order valence-corrected chi connectivity index (χ4v) is 2.57. The zero-order valence-corrected chi connectivity index (χ0v) is 15.8. The van der Waals surface area contributed by atoms with Gasteiger partial charge in [-0.2, -0.15) is 0 Å². The van der Waals surface area contributed by atoms with Crippen molar-refractivity contribution in [1.29, 1.82) is 0 Å². The maximum Gasteiger partial charge on any atom is 0.174 e. The van der Waals surface area contributed by atoms with Crippen molar-refractivity contribution in [3.05, 3.63) is 21.3 Å². The Morgan fingerprint density at radius 2 is 2.05 bits per heavy atom. The van der Waals surface area contributed by atoms with Crippen LogP contribution in [-0.4, -0.2) is 31.0 Å². The summed E-state index contributed by atoms with van der Waals surface area (Å²) in [5, 5.41) is 12.1. The SMILES string of the molecule is CCOc1cc(CNCCCO)cc(I)c1OC(C)C.Cl. The predicted octanol–water partition coefficient (Wildman–Crippen LogP) is 3.37. The Morgan fingerprint density at radius 3 is 2.62 bits per heavy atom. The first-order valence-corrected chi connectivity index (χ1v) is 8.09. The van der Waals surface area contributed by atoms with Crippen LogP contribution in [0.1, 0.15) is 32.8 Å². The molecule has 122 valence electrons. The van der Waals surface area contributed by atoms with E-state index in [9.17, 15) is 0 Å². The molecule has 21 heavy (non-hydrogen) atoms. The summed E-state index contributed by atoms with van der Waals surface area (Å²) >= 11 is 2.28. The molecule has 0 fully saturated rings. The molecule has 0 heterocycles. The lowest BCUT2D eigenvalue weighted by Crippen LogP contribution is -2.16. The van der Waals surface area contributed by atoms with Crippen LogP contribution >= 0.6 is 35.0 Å². The molecular formula is C15H25ClINO3. The van der Waals surface area contributed by atoms with E-state index in [4.69, 9.17) is 14.6 Å². The van der Waals surface area contributed by atoms with Crippen molar-refractivity contribution in [3.63, 3.8) is 0 Å². The van der Waals surface area contributed by atoms with Gasteiger partial charge in [0.25, 0.3) is 0 Å². The number of aliphatic hydroxyl groups excluding tert-OH is 1. The zero-order chi connectivity index (χ0) is 15.0. The molecule has 0 aliphatic carbocycles. The number of rotatable bonds is 9. The topological polar surface area (TPSA) is 50.7 Å². The van der Waals surface area contributed by atoms with Crippen LogP contribution in [0.3, 0.4) is 0 Å². The lowest BCUT2D eigenvalue weighted by molar-refractivity contribution is 0.222. The summed E-state index contributed by atoms with van der Waals surface area (Å²) in [5.41, 5.74) is 1.16. The lowest BCUT2D eigenvalue weighted by atomic mass is 10.2. The van der Waals surface area contributed by atoms with Gasteiger partial charge in [-0.1, -0.05) is 0 Å². The van der Waals surface area contributed by atoms with E-state index in [-0.39, 0.29) is 25.1 Å². The Balaban J connectivity index is 0.00000400. The number of hydrogen-bond donors (Lipinski definition) is 2. The summed E-state index contributed by atoms with van der Waals surface area (Å²) < 4.78 is 12.6. The van der Waals surface area contributed by atoms with Crippen LogP contribution in [0.15, 0.2) is 12.1 Å². The highest BCUT2D eigenvalue weighted by Gasteiger charge is 2.13. The van der Waals surface area contributed by atoms with Gasteiger partial charge in [-0.25, -0.2) is 0 Å². The highest BCUT2D eigenvalue weighted by molar-refractivity contribution is 14.1. The summed E-state index contributed by atoms with van der Waals surface area (Å²) in [6, 6.07) is 4.13. The monoisotopic (exact) mass is 429 g/mol. The van der Waals surface area contributed by atoms with Gasteiger partial charge in [-0.15, -0.1) is 12.4 Å². The van der Waals surface area contributed by atoms with Gasteiger partial charge in [-0.05, 0) is 74.0 Å². The van der Waals surface area contributed by atoms with Crippen molar-refractivity contribution in [2.45, 2.75) is 39.8 Å². The maximum absolute atomic E-state index is 8.76. The third-order valence-electron chi connectivity index (χ3n) is 2.56. The molecule has 0 saturated carbocycles. The van der Waals surface area contributed by atoms with E-state index in [0.29, 0.717) is 6.61 Å². The molecule has 1 aromatic rings. The lowest BCUT2D eigenvalue weighted by Gasteiger charge is -2.17. The summed E-state index contributed by atoms with van der Waals surface area (Å²) in [6.45, 7) is 8.39. The largest absolute Gasteiger partial charge is 0.490 e. The second-order valence-corrected chi connectivity index (χ2v) is 5.92. The second-order valence-electron chi connectivity index (χ2n) is 4.76. The van der Waals surface area contributed by atoms with Crippen molar-refractivity contribution < 1.29 is 14.6 Å². The van der Waals surface area contributed by atoms with E-state index in [2.05, 4.69) is 34.0 Å². The van der Waals surface area contributed by atoms with Crippen LogP contribution in [-0.2, 0) is 6.54 Å². The first kappa shape index (κ1) is 20.8. The third-order valence-corrected chi connectivity index (χ3v) is 3.36. The van der Waals surface area contributed by atoms with Crippen molar-refractivity contribution in [2.24, 2.45) is 0 Å². The number of benzene rings is 1. The highest BCUT2D eigenvalue weighted by Crippen LogP contribution is 2.35. The van der Waals surface area contributed by atoms with Gasteiger partial charge in [0.15, 0.2) is 11.5 Å². The van der Waals surface area contributed by atoms with Gasteiger partial charge < -0.3 is 19.9 Å². The first-order valence-electron chi connectivity index (χ1n) is 7.02. The third kappa shape index (κ3) is 7.54. The number of hydrogen-bond acceptors (Lipinski definition) is 4. The van der Waals surface area contributed by atoms with Crippen LogP contribution in [0.4, 0.5) is 0 Å². The molecule has 4 nitrogen and oxygen atoms in total. The molecule has 0 aliphatic rings. The Kier molecular flexibility index (Phi) is 11.2. The number of ether oxygens (including phenoxy) is 2. The van der Waals surface area contributed by atoms with Gasteiger partial charge >= 0.3 is 0 Å². The average molecular weight is 430 g/mol. The molecule has 0 amide bonds. The first-order chi connectivity index (χ1) is 9.58. The molecule has 1 rings (SSSR count). The van der Waals surface area contributed by atoms with E-state index in [0.717, 1.165) is 40.1 Å². The van der Waals surface area contributed by atoms with Gasteiger partial charge in [0.2, 0.25) is 0 Å². The van der Waals surface area contributed by atoms with Crippen LogP contribution in [0, 0.1) is 3.57 Å². The smallest absolute Gasteiger partial charge is 0.174 e. The maximum atomic E-state index is 8.76. The van der Waals surface area contributed by atoms with E-state index >= 15 is 0 Å². The minimum Gasteiger partial charge on any atom is -0.490 e. The fourth-order valence-electron chi connectivity index (χ4n) is 1.77. The molecular weight excluding hydrogens is 405 g/mol. The van der Waals surface area contributed by atoms with Crippen LogP contribution < -0.4 is 14.8 Å². The Labute approximate surface area is 147 Å². The van der Waals surface area contributed by atoms with Crippen molar-refractivity contribution >= 4 is 35.0 Å².